The Balaban J connectivity index is 2.05. The number of ether oxygens (including phenoxy) is 1. The highest BCUT2D eigenvalue weighted by molar-refractivity contribution is 7.10. The lowest BCUT2D eigenvalue weighted by atomic mass is 10.1. The molecule has 0 aliphatic rings. The first kappa shape index (κ1) is 15.1. The van der Waals surface area contributed by atoms with E-state index >= 15 is 0 Å². The molecule has 3 heteroatoms. The summed E-state index contributed by atoms with van der Waals surface area (Å²) in [6.07, 6.45) is 0.197. The van der Waals surface area contributed by atoms with Crippen LogP contribution >= 0.6 is 11.3 Å². The van der Waals surface area contributed by atoms with E-state index in [0.29, 0.717) is 0 Å². The number of rotatable bonds is 6. The van der Waals surface area contributed by atoms with Crippen LogP contribution in [0.25, 0.3) is 0 Å². The fourth-order valence-electron chi connectivity index (χ4n) is 2.14. The van der Waals surface area contributed by atoms with Crippen LogP contribution < -0.4 is 10.1 Å². The lowest BCUT2D eigenvalue weighted by Crippen LogP contribution is -2.19. The van der Waals surface area contributed by atoms with E-state index in [0.717, 1.165) is 12.3 Å². The molecule has 1 atom stereocenters. The van der Waals surface area contributed by atoms with E-state index < -0.39 is 0 Å². The number of para-hydroxylation sites is 1. The van der Waals surface area contributed by atoms with Gasteiger partial charge in [0.2, 0.25) is 0 Å². The number of thiophene rings is 1. The van der Waals surface area contributed by atoms with Gasteiger partial charge in [-0.3, -0.25) is 0 Å². The minimum atomic E-state index is 0.197. The summed E-state index contributed by atoms with van der Waals surface area (Å²) < 4.78 is 5.89. The molecular formula is C17H23NOS. The van der Waals surface area contributed by atoms with Crippen LogP contribution in [-0.4, -0.2) is 6.10 Å². The summed E-state index contributed by atoms with van der Waals surface area (Å²) in [7, 11) is 0. The van der Waals surface area contributed by atoms with Gasteiger partial charge in [-0.1, -0.05) is 18.2 Å². The van der Waals surface area contributed by atoms with Crippen LogP contribution in [0.1, 0.15) is 42.8 Å². The van der Waals surface area contributed by atoms with Crippen molar-refractivity contribution in [1.82, 2.24) is 5.32 Å². The van der Waals surface area contributed by atoms with Gasteiger partial charge >= 0.3 is 0 Å². The summed E-state index contributed by atoms with van der Waals surface area (Å²) in [5.74, 6) is 0.977. The fraction of sp³-hybridized carbons (Fsp3) is 0.412. The average molecular weight is 289 g/mol. The van der Waals surface area contributed by atoms with Crippen LogP contribution in [-0.2, 0) is 6.54 Å². The summed E-state index contributed by atoms with van der Waals surface area (Å²) in [4.78, 5) is 1.40. The second-order valence-electron chi connectivity index (χ2n) is 5.33. The Kier molecular flexibility index (Phi) is 5.21. The summed E-state index contributed by atoms with van der Waals surface area (Å²) in [5, 5.41) is 5.73. The van der Waals surface area contributed by atoms with Crippen LogP contribution in [0.15, 0.2) is 35.7 Å². The van der Waals surface area contributed by atoms with E-state index in [4.69, 9.17) is 4.74 Å². The molecule has 0 bridgehead atoms. The first-order valence-electron chi connectivity index (χ1n) is 7.10. The summed E-state index contributed by atoms with van der Waals surface area (Å²) in [6.45, 7) is 9.37. The average Bonchev–Trinajstić information content (AvgIpc) is 2.81. The van der Waals surface area contributed by atoms with Crippen molar-refractivity contribution in [2.24, 2.45) is 0 Å². The first-order valence-corrected chi connectivity index (χ1v) is 7.98. The van der Waals surface area contributed by atoms with Crippen LogP contribution in [0, 0.1) is 6.92 Å². The van der Waals surface area contributed by atoms with E-state index in [-0.39, 0.29) is 12.1 Å². The SMILES string of the molecule is Cc1ccsc1CNC(C)c1ccccc1OC(C)C. The van der Waals surface area contributed by atoms with E-state index in [2.05, 4.69) is 56.6 Å². The number of benzene rings is 1. The molecule has 20 heavy (non-hydrogen) atoms. The Morgan fingerprint density at radius 3 is 2.55 bits per heavy atom. The molecule has 2 rings (SSSR count). The third-order valence-electron chi connectivity index (χ3n) is 3.29. The van der Waals surface area contributed by atoms with Crippen molar-refractivity contribution >= 4 is 11.3 Å². The number of nitrogens with one attached hydrogen (secondary N) is 1. The van der Waals surface area contributed by atoms with E-state index in [1.54, 1.807) is 0 Å². The minimum absolute atomic E-state index is 0.197. The Labute approximate surface area is 125 Å². The van der Waals surface area contributed by atoms with Gasteiger partial charge in [0, 0.05) is 23.0 Å². The lowest BCUT2D eigenvalue weighted by molar-refractivity contribution is 0.238. The maximum absolute atomic E-state index is 5.89. The Morgan fingerprint density at radius 2 is 1.90 bits per heavy atom. The van der Waals surface area contributed by atoms with Crippen molar-refractivity contribution < 1.29 is 4.74 Å². The van der Waals surface area contributed by atoms with Gasteiger partial charge in [-0.25, -0.2) is 0 Å². The Hall–Kier alpha value is -1.32. The topological polar surface area (TPSA) is 21.3 Å². The molecule has 2 aromatic rings. The predicted octanol–water partition coefficient (Wildman–Crippen LogP) is 4.69. The molecule has 1 aromatic carbocycles. The molecule has 0 aliphatic carbocycles. The monoisotopic (exact) mass is 289 g/mol. The molecule has 0 saturated heterocycles. The highest BCUT2D eigenvalue weighted by Gasteiger charge is 2.12. The van der Waals surface area contributed by atoms with Crippen molar-refractivity contribution in [3.8, 4) is 5.75 Å². The molecule has 2 nitrogen and oxygen atoms in total. The van der Waals surface area contributed by atoms with Gasteiger partial charge in [-0.2, -0.15) is 0 Å². The number of aryl methyl sites for hydroxylation is 1. The maximum atomic E-state index is 5.89. The second-order valence-corrected chi connectivity index (χ2v) is 6.33. The van der Waals surface area contributed by atoms with Crippen molar-refractivity contribution in [3.63, 3.8) is 0 Å². The smallest absolute Gasteiger partial charge is 0.124 e. The zero-order valence-electron chi connectivity index (χ0n) is 12.6. The molecule has 108 valence electrons. The molecule has 0 spiro atoms. The molecule has 0 amide bonds. The van der Waals surface area contributed by atoms with Gasteiger partial charge in [-0.15, -0.1) is 11.3 Å². The summed E-state index contributed by atoms with van der Waals surface area (Å²) in [5.41, 5.74) is 2.58. The first-order chi connectivity index (χ1) is 9.58. The molecule has 0 fully saturated rings. The van der Waals surface area contributed by atoms with Gasteiger partial charge in [0.1, 0.15) is 5.75 Å². The van der Waals surface area contributed by atoms with E-state index in [1.807, 2.05) is 23.5 Å². The molecular weight excluding hydrogens is 266 g/mol. The maximum Gasteiger partial charge on any atom is 0.124 e. The second kappa shape index (κ2) is 6.91. The number of hydrogen-bond acceptors (Lipinski definition) is 3. The van der Waals surface area contributed by atoms with Gasteiger partial charge < -0.3 is 10.1 Å². The molecule has 1 heterocycles. The zero-order valence-corrected chi connectivity index (χ0v) is 13.5. The Bertz CT molecular complexity index is 547. The van der Waals surface area contributed by atoms with Gasteiger partial charge in [-0.05, 0) is 50.8 Å². The van der Waals surface area contributed by atoms with E-state index in [9.17, 15) is 0 Å². The third kappa shape index (κ3) is 3.84. The largest absolute Gasteiger partial charge is 0.491 e. The highest BCUT2D eigenvalue weighted by atomic mass is 32.1. The number of hydrogen-bond donors (Lipinski definition) is 1. The van der Waals surface area contributed by atoms with Crippen LogP contribution in [0.5, 0.6) is 5.75 Å². The van der Waals surface area contributed by atoms with Gasteiger partial charge in [0.05, 0.1) is 6.10 Å². The fourth-order valence-corrected chi connectivity index (χ4v) is 3.00. The van der Waals surface area contributed by atoms with Crippen molar-refractivity contribution in [2.75, 3.05) is 0 Å². The molecule has 0 saturated carbocycles. The normalized spacial score (nSPS) is 12.7. The van der Waals surface area contributed by atoms with Gasteiger partial charge in [0.25, 0.3) is 0 Å². The third-order valence-corrected chi connectivity index (χ3v) is 4.31. The van der Waals surface area contributed by atoms with Crippen molar-refractivity contribution in [2.45, 2.75) is 46.4 Å². The summed E-state index contributed by atoms with van der Waals surface area (Å²) in [6, 6.07) is 10.7. The van der Waals surface area contributed by atoms with Crippen molar-refractivity contribution in [3.05, 3.63) is 51.7 Å². The Morgan fingerprint density at radius 1 is 1.15 bits per heavy atom. The van der Waals surface area contributed by atoms with Crippen LogP contribution in [0.3, 0.4) is 0 Å². The standard InChI is InChI=1S/C17H23NOS/c1-12(2)19-16-8-6-5-7-15(16)14(4)18-11-17-13(3)9-10-20-17/h5-10,12,14,18H,11H2,1-4H3. The molecule has 1 aromatic heterocycles. The lowest BCUT2D eigenvalue weighted by Gasteiger charge is -2.19. The minimum Gasteiger partial charge on any atom is -0.491 e. The molecule has 1 N–H and O–H groups in total. The summed E-state index contributed by atoms with van der Waals surface area (Å²) >= 11 is 1.81. The van der Waals surface area contributed by atoms with Crippen LogP contribution in [0.4, 0.5) is 0 Å². The highest BCUT2D eigenvalue weighted by Crippen LogP contribution is 2.26. The van der Waals surface area contributed by atoms with Gasteiger partial charge in [0.15, 0.2) is 0 Å². The van der Waals surface area contributed by atoms with E-state index in [1.165, 1.54) is 16.0 Å². The molecule has 1 unspecified atom stereocenters. The van der Waals surface area contributed by atoms with Crippen molar-refractivity contribution in [1.29, 1.82) is 0 Å². The molecule has 0 radical (unpaired) electrons. The zero-order chi connectivity index (χ0) is 14.5. The van der Waals surface area contributed by atoms with Crippen LogP contribution in [0.2, 0.25) is 0 Å². The molecule has 0 aliphatic heterocycles. The predicted molar refractivity (Wildman–Crippen MR) is 86.5 cm³/mol. The quantitative estimate of drug-likeness (QED) is 0.832.